The second-order valence-corrected chi connectivity index (χ2v) is 4.95. The molecule has 0 aliphatic heterocycles. The van der Waals surface area contributed by atoms with Crippen molar-refractivity contribution in [1.29, 1.82) is 0 Å². The molecule has 0 spiro atoms. The fourth-order valence-electron chi connectivity index (χ4n) is 2.05. The summed E-state index contributed by atoms with van der Waals surface area (Å²) in [6.07, 6.45) is 0.422. The van der Waals surface area contributed by atoms with Gasteiger partial charge in [-0.25, -0.2) is 0 Å². The number of nitrogens with two attached hydrogens (primary N) is 1. The van der Waals surface area contributed by atoms with E-state index >= 15 is 0 Å². The van der Waals surface area contributed by atoms with E-state index in [0.29, 0.717) is 13.0 Å². The van der Waals surface area contributed by atoms with E-state index < -0.39 is 0 Å². The van der Waals surface area contributed by atoms with Crippen LogP contribution in [0.2, 0.25) is 0 Å². The molecule has 3 nitrogen and oxygen atoms in total. The maximum Gasteiger partial charge on any atom is 0.227 e. The number of nitrogens with zero attached hydrogens (tertiary/aromatic N) is 1. The smallest absolute Gasteiger partial charge is 0.227 e. The molecular weight excluding hydrogens is 272 g/mol. The predicted molar refractivity (Wildman–Crippen MR) is 86.2 cm³/mol. The van der Waals surface area contributed by atoms with Gasteiger partial charge in [-0.05, 0) is 23.3 Å². The molecule has 1 atom stereocenters. The molecule has 0 saturated heterocycles. The fourth-order valence-corrected chi connectivity index (χ4v) is 2.05. The Hall–Kier alpha value is -1.58. The van der Waals surface area contributed by atoms with Crippen LogP contribution >= 0.6 is 12.4 Å². The number of likely N-dealkylation sites (N-methyl/N-ethyl adjacent to an activating group) is 1. The first-order valence-electron chi connectivity index (χ1n) is 6.55. The van der Waals surface area contributed by atoms with Crippen LogP contribution in [0.15, 0.2) is 42.5 Å². The van der Waals surface area contributed by atoms with E-state index in [1.165, 1.54) is 10.8 Å². The lowest BCUT2D eigenvalue weighted by molar-refractivity contribution is -0.130. The van der Waals surface area contributed by atoms with Gasteiger partial charge in [0.25, 0.3) is 0 Å². The molecule has 1 amide bonds. The quantitative estimate of drug-likeness (QED) is 0.941. The van der Waals surface area contributed by atoms with E-state index in [4.69, 9.17) is 5.73 Å². The van der Waals surface area contributed by atoms with Gasteiger partial charge in [0.2, 0.25) is 5.91 Å². The van der Waals surface area contributed by atoms with Crippen LogP contribution < -0.4 is 5.73 Å². The van der Waals surface area contributed by atoms with Crippen molar-refractivity contribution in [3.05, 3.63) is 48.0 Å². The summed E-state index contributed by atoms with van der Waals surface area (Å²) in [5.74, 6) is 0.105. The number of amides is 1. The van der Waals surface area contributed by atoms with Gasteiger partial charge in [0.1, 0.15) is 0 Å². The monoisotopic (exact) mass is 292 g/mol. The Bertz CT molecular complexity index is 585. The van der Waals surface area contributed by atoms with Gasteiger partial charge < -0.3 is 10.6 Å². The number of halogens is 1. The maximum absolute atomic E-state index is 12.1. The Morgan fingerprint density at radius 1 is 1.20 bits per heavy atom. The molecule has 0 heterocycles. The molecule has 0 aromatic heterocycles. The lowest BCUT2D eigenvalue weighted by atomic mass is 10.0. The van der Waals surface area contributed by atoms with E-state index in [1.54, 1.807) is 11.9 Å². The standard InChI is InChI=1S/C16H20N2O.ClH/c1-12(11-17)18(2)16(19)10-13-7-8-14-5-3-4-6-15(14)9-13;/h3-9,12H,10-11,17H2,1-2H3;1H. The first-order chi connectivity index (χ1) is 9.11. The zero-order valence-corrected chi connectivity index (χ0v) is 12.7. The Morgan fingerprint density at radius 2 is 1.85 bits per heavy atom. The van der Waals surface area contributed by atoms with Crippen LogP contribution in [0.25, 0.3) is 10.8 Å². The second-order valence-electron chi connectivity index (χ2n) is 4.95. The van der Waals surface area contributed by atoms with Gasteiger partial charge in [-0.2, -0.15) is 0 Å². The molecule has 0 fully saturated rings. The third-order valence-corrected chi connectivity index (χ3v) is 3.56. The summed E-state index contributed by atoms with van der Waals surface area (Å²) in [5, 5.41) is 2.37. The first-order valence-corrected chi connectivity index (χ1v) is 6.55. The highest BCUT2D eigenvalue weighted by Crippen LogP contribution is 2.16. The van der Waals surface area contributed by atoms with Crippen molar-refractivity contribution in [2.75, 3.05) is 13.6 Å². The summed E-state index contributed by atoms with van der Waals surface area (Å²) < 4.78 is 0. The van der Waals surface area contributed by atoms with Crippen LogP contribution in [0.4, 0.5) is 0 Å². The molecule has 2 N–H and O–H groups in total. The molecule has 20 heavy (non-hydrogen) atoms. The highest BCUT2D eigenvalue weighted by molar-refractivity contribution is 5.86. The summed E-state index contributed by atoms with van der Waals surface area (Å²) in [5.41, 5.74) is 6.63. The third kappa shape index (κ3) is 3.71. The molecule has 108 valence electrons. The summed E-state index contributed by atoms with van der Waals surface area (Å²) >= 11 is 0. The largest absolute Gasteiger partial charge is 0.341 e. The number of hydrogen-bond acceptors (Lipinski definition) is 2. The molecule has 1 unspecified atom stereocenters. The highest BCUT2D eigenvalue weighted by Gasteiger charge is 2.14. The summed E-state index contributed by atoms with van der Waals surface area (Å²) in [6.45, 7) is 2.44. The number of rotatable bonds is 4. The van der Waals surface area contributed by atoms with Crippen molar-refractivity contribution in [3.8, 4) is 0 Å². The highest BCUT2D eigenvalue weighted by atomic mass is 35.5. The molecule has 2 aromatic carbocycles. The van der Waals surface area contributed by atoms with Crippen LogP contribution in [-0.4, -0.2) is 30.4 Å². The molecule has 4 heteroatoms. The van der Waals surface area contributed by atoms with Crippen LogP contribution in [0.5, 0.6) is 0 Å². The molecule has 2 rings (SSSR count). The van der Waals surface area contributed by atoms with E-state index in [1.807, 2.05) is 25.1 Å². The molecule has 0 aliphatic rings. The third-order valence-electron chi connectivity index (χ3n) is 3.56. The number of benzene rings is 2. The summed E-state index contributed by atoms with van der Waals surface area (Å²) in [7, 11) is 1.81. The summed E-state index contributed by atoms with van der Waals surface area (Å²) in [4.78, 5) is 13.8. The van der Waals surface area contributed by atoms with Gasteiger partial charge in [0.15, 0.2) is 0 Å². The zero-order valence-electron chi connectivity index (χ0n) is 11.9. The average Bonchev–Trinajstić information content (AvgIpc) is 2.45. The zero-order chi connectivity index (χ0) is 13.8. The molecule has 0 bridgehead atoms. The van der Waals surface area contributed by atoms with Gasteiger partial charge in [0.05, 0.1) is 6.42 Å². The number of carbonyl (C=O) groups is 1. The van der Waals surface area contributed by atoms with Crippen LogP contribution in [-0.2, 0) is 11.2 Å². The lowest BCUT2D eigenvalue weighted by Gasteiger charge is -2.23. The Morgan fingerprint density at radius 3 is 2.50 bits per heavy atom. The van der Waals surface area contributed by atoms with Gasteiger partial charge in [-0.15, -0.1) is 12.4 Å². The topological polar surface area (TPSA) is 46.3 Å². The van der Waals surface area contributed by atoms with Crippen molar-refractivity contribution in [3.63, 3.8) is 0 Å². The van der Waals surface area contributed by atoms with Crippen molar-refractivity contribution in [1.82, 2.24) is 4.90 Å². The van der Waals surface area contributed by atoms with Gasteiger partial charge in [0, 0.05) is 19.6 Å². The first kappa shape index (κ1) is 16.5. The molecule has 0 saturated carbocycles. The van der Waals surface area contributed by atoms with Crippen molar-refractivity contribution in [2.45, 2.75) is 19.4 Å². The lowest BCUT2D eigenvalue weighted by Crippen LogP contribution is -2.40. The minimum Gasteiger partial charge on any atom is -0.341 e. The average molecular weight is 293 g/mol. The summed E-state index contributed by atoms with van der Waals surface area (Å²) in [6, 6.07) is 14.4. The molecule has 0 aliphatic carbocycles. The van der Waals surface area contributed by atoms with E-state index in [2.05, 4.69) is 24.3 Å². The minimum absolute atomic E-state index is 0. The minimum atomic E-state index is 0. The van der Waals surface area contributed by atoms with Crippen molar-refractivity contribution < 1.29 is 4.79 Å². The van der Waals surface area contributed by atoms with Gasteiger partial charge >= 0.3 is 0 Å². The van der Waals surface area contributed by atoms with Crippen molar-refractivity contribution in [2.24, 2.45) is 5.73 Å². The number of fused-ring (bicyclic) bond motifs is 1. The normalized spacial score (nSPS) is 11.8. The van der Waals surface area contributed by atoms with E-state index in [9.17, 15) is 4.79 Å². The molecular formula is C16H21ClN2O. The molecule has 2 aromatic rings. The maximum atomic E-state index is 12.1. The van der Waals surface area contributed by atoms with E-state index in [-0.39, 0.29) is 24.4 Å². The SMILES string of the molecule is CC(CN)N(C)C(=O)Cc1ccc2ccccc2c1.Cl. The Balaban J connectivity index is 0.00000200. The van der Waals surface area contributed by atoms with Crippen LogP contribution in [0.1, 0.15) is 12.5 Å². The molecule has 0 radical (unpaired) electrons. The number of hydrogen-bond donors (Lipinski definition) is 1. The number of carbonyl (C=O) groups excluding carboxylic acids is 1. The van der Waals surface area contributed by atoms with Gasteiger partial charge in [-0.3, -0.25) is 4.79 Å². The second kappa shape index (κ2) is 7.27. The van der Waals surface area contributed by atoms with Gasteiger partial charge in [-0.1, -0.05) is 42.5 Å². The predicted octanol–water partition coefficient (Wildman–Crippen LogP) is 2.61. The van der Waals surface area contributed by atoms with Crippen LogP contribution in [0.3, 0.4) is 0 Å². The fraction of sp³-hybridized carbons (Fsp3) is 0.312. The van der Waals surface area contributed by atoms with Crippen molar-refractivity contribution >= 4 is 29.1 Å². The van der Waals surface area contributed by atoms with E-state index in [0.717, 1.165) is 5.56 Å². The Kier molecular flexibility index (Phi) is 5.99. The van der Waals surface area contributed by atoms with Crippen LogP contribution in [0, 0.1) is 0 Å². The Labute approximate surface area is 126 Å².